The molecule has 5 rings (SSSR count). The number of nitrogens with zero attached hydrogens (tertiary/aromatic N) is 5. The number of ether oxygens (including phenoxy) is 1. The second kappa shape index (κ2) is 7.89. The van der Waals surface area contributed by atoms with Crippen LogP contribution in [-0.4, -0.2) is 30.3 Å². The zero-order valence-corrected chi connectivity index (χ0v) is 18.7. The molecule has 10 nitrogen and oxygen atoms in total. The number of imidazole rings is 1. The Hall–Kier alpha value is -3.92. The maximum Gasteiger partial charge on any atom is 0.274 e. The Morgan fingerprint density at radius 2 is 2.06 bits per heavy atom. The summed E-state index contributed by atoms with van der Waals surface area (Å²) in [7, 11) is 3.52. The van der Waals surface area contributed by atoms with Crippen LogP contribution in [-0.2, 0) is 14.1 Å². The fraction of sp³-hybridized carbons (Fsp3) is 0.227. The summed E-state index contributed by atoms with van der Waals surface area (Å²) in [5.74, 6) is 1.84. The van der Waals surface area contributed by atoms with Crippen molar-refractivity contribution in [2.24, 2.45) is 14.1 Å². The van der Waals surface area contributed by atoms with Gasteiger partial charge in [-0.1, -0.05) is 11.6 Å². The van der Waals surface area contributed by atoms with Gasteiger partial charge in [-0.2, -0.15) is 4.98 Å². The molecule has 0 radical (unpaired) electrons. The first kappa shape index (κ1) is 21.0. The first-order chi connectivity index (χ1) is 15.9. The summed E-state index contributed by atoms with van der Waals surface area (Å²) >= 11 is 6.64. The maximum absolute atomic E-state index is 12.7. The molecule has 4 aromatic rings. The molecule has 1 fully saturated rings. The number of nitrogens with two attached hydrogens (primary N) is 1. The molecule has 4 heterocycles. The summed E-state index contributed by atoms with van der Waals surface area (Å²) in [5.41, 5.74) is 8.54. The molecular weight excluding hydrogens is 444 g/mol. The zero-order valence-electron chi connectivity index (χ0n) is 18.0. The lowest BCUT2D eigenvalue weighted by molar-refractivity contribution is 0.479. The monoisotopic (exact) mass is 464 g/mol. The SMILES string of the molecule is Cn1cc(C2CC2)cc(Nc2nc3ncc(Oc4cnc(N)c(C=N)c4)c(Cl)c3n2C)c1=O. The van der Waals surface area contributed by atoms with E-state index >= 15 is 0 Å². The van der Waals surface area contributed by atoms with Crippen LogP contribution in [0.1, 0.15) is 29.9 Å². The minimum atomic E-state index is -0.146. The molecule has 0 unspecified atom stereocenters. The Kier molecular flexibility index (Phi) is 5.01. The number of rotatable bonds is 6. The predicted molar refractivity (Wildman–Crippen MR) is 127 cm³/mol. The average molecular weight is 465 g/mol. The minimum Gasteiger partial charge on any atom is -0.452 e. The molecule has 168 valence electrons. The molecule has 0 aromatic carbocycles. The molecule has 1 aliphatic rings. The Balaban J connectivity index is 1.51. The molecule has 0 aliphatic heterocycles. The van der Waals surface area contributed by atoms with Crippen molar-refractivity contribution in [3.05, 3.63) is 57.2 Å². The van der Waals surface area contributed by atoms with Gasteiger partial charge in [0.2, 0.25) is 5.95 Å². The fourth-order valence-electron chi connectivity index (χ4n) is 3.65. The molecule has 4 N–H and O–H groups in total. The number of aryl methyl sites for hydroxylation is 2. The van der Waals surface area contributed by atoms with Crippen LogP contribution >= 0.6 is 11.6 Å². The van der Waals surface area contributed by atoms with E-state index in [9.17, 15) is 4.79 Å². The molecule has 1 aliphatic carbocycles. The topological polar surface area (TPSA) is 137 Å². The lowest BCUT2D eigenvalue weighted by Gasteiger charge is -2.11. The molecule has 0 bridgehead atoms. The number of nitrogen functional groups attached to an aromatic ring is 1. The highest BCUT2D eigenvalue weighted by Crippen LogP contribution is 2.40. The average Bonchev–Trinajstić information content (AvgIpc) is 3.59. The van der Waals surface area contributed by atoms with Crippen LogP contribution in [0.15, 0.2) is 35.5 Å². The highest BCUT2D eigenvalue weighted by atomic mass is 35.5. The quantitative estimate of drug-likeness (QED) is 0.370. The largest absolute Gasteiger partial charge is 0.452 e. The highest BCUT2D eigenvalue weighted by Gasteiger charge is 2.25. The number of hydrogen-bond donors (Lipinski definition) is 3. The number of anilines is 3. The van der Waals surface area contributed by atoms with Crippen LogP contribution in [0, 0.1) is 5.41 Å². The van der Waals surface area contributed by atoms with Crippen LogP contribution < -0.4 is 21.3 Å². The van der Waals surface area contributed by atoms with Crippen LogP contribution in [0.25, 0.3) is 11.2 Å². The molecule has 33 heavy (non-hydrogen) atoms. The van der Waals surface area contributed by atoms with E-state index in [0.717, 1.165) is 24.6 Å². The van der Waals surface area contributed by atoms with Gasteiger partial charge in [-0.25, -0.2) is 9.97 Å². The van der Waals surface area contributed by atoms with Gasteiger partial charge in [0, 0.05) is 32.1 Å². The van der Waals surface area contributed by atoms with Crippen LogP contribution in [0.4, 0.5) is 17.5 Å². The summed E-state index contributed by atoms with van der Waals surface area (Å²) in [6.07, 6.45) is 8.17. The molecule has 0 saturated heterocycles. The van der Waals surface area contributed by atoms with Gasteiger partial charge in [0.1, 0.15) is 27.8 Å². The first-order valence-corrected chi connectivity index (χ1v) is 10.7. The lowest BCUT2D eigenvalue weighted by Crippen LogP contribution is -2.20. The van der Waals surface area contributed by atoms with Crippen molar-refractivity contribution in [2.75, 3.05) is 11.1 Å². The van der Waals surface area contributed by atoms with E-state index in [0.29, 0.717) is 50.8 Å². The van der Waals surface area contributed by atoms with Crippen molar-refractivity contribution in [2.45, 2.75) is 18.8 Å². The van der Waals surface area contributed by atoms with Crippen LogP contribution in [0.2, 0.25) is 5.02 Å². The predicted octanol–water partition coefficient (Wildman–Crippen LogP) is 3.71. The number of halogens is 1. The fourth-order valence-corrected chi connectivity index (χ4v) is 3.95. The smallest absolute Gasteiger partial charge is 0.274 e. The van der Waals surface area contributed by atoms with E-state index < -0.39 is 0 Å². The van der Waals surface area contributed by atoms with Crippen LogP contribution in [0.3, 0.4) is 0 Å². The van der Waals surface area contributed by atoms with E-state index in [1.165, 1.54) is 12.4 Å². The number of fused-ring (bicyclic) bond motifs is 1. The van der Waals surface area contributed by atoms with E-state index in [1.54, 1.807) is 29.3 Å². The Bertz CT molecular complexity index is 1470. The van der Waals surface area contributed by atoms with Crippen molar-refractivity contribution in [3.63, 3.8) is 0 Å². The van der Waals surface area contributed by atoms with Gasteiger partial charge in [0.15, 0.2) is 11.4 Å². The van der Waals surface area contributed by atoms with Crippen molar-refractivity contribution >= 4 is 46.4 Å². The maximum atomic E-state index is 12.7. The molecule has 4 aromatic heterocycles. The van der Waals surface area contributed by atoms with Crippen molar-refractivity contribution in [3.8, 4) is 11.5 Å². The summed E-state index contributed by atoms with van der Waals surface area (Å²) in [4.78, 5) is 25.6. The summed E-state index contributed by atoms with van der Waals surface area (Å²) in [6.45, 7) is 0. The second-order valence-electron chi connectivity index (χ2n) is 8.00. The molecule has 11 heteroatoms. The normalized spacial score (nSPS) is 13.3. The molecule has 0 atom stereocenters. The Labute approximate surface area is 193 Å². The third-order valence-electron chi connectivity index (χ3n) is 5.61. The lowest BCUT2D eigenvalue weighted by atomic mass is 10.2. The van der Waals surface area contributed by atoms with Crippen LogP contribution in [0.5, 0.6) is 11.5 Å². The van der Waals surface area contributed by atoms with Gasteiger partial charge in [0.05, 0.1) is 12.4 Å². The van der Waals surface area contributed by atoms with Gasteiger partial charge in [0.25, 0.3) is 5.56 Å². The van der Waals surface area contributed by atoms with E-state index in [4.69, 9.17) is 27.5 Å². The highest BCUT2D eigenvalue weighted by molar-refractivity contribution is 6.36. The third kappa shape index (κ3) is 3.78. The molecular formula is C22H21ClN8O2. The minimum absolute atomic E-state index is 0.146. The molecule has 0 spiro atoms. The number of nitrogens with one attached hydrogen (secondary N) is 2. The number of aromatic nitrogens is 5. The van der Waals surface area contributed by atoms with Gasteiger partial charge in [-0.15, -0.1) is 0 Å². The Morgan fingerprint density at radius 3 is 2.79 bits per heavy atom. The third-order valence-corrected chi connectivity index (χ3v) is 5.98. The number of pyridine rings is 3. The van der Waals surface area contributed by atoms with Crippen molar-refractivity contribution in [1.82, 2.24) is 24.1 Å². The van der Waals surface area contributed by atoms with Gasteiger partial charge < -0.3 is 30.3 Å². The van der Waals surface area contributed by atoms with E-state index in [-0.39, 0.29) is 11.4 Å². The van der Waals surface area contributed by atoms with Gasteiger partial charge in [-0.05, 0) is 36.5 Å². The summed E-state index contributed by atoms with van der Waals surface area (Å²) < 4.78 is 9.16. The van der Waals surface area contributed by atoms with E-state index in [2.05, 4.69) is 20.3 Å². The summed E-state index contributed by atoms with van der Waals surface area (Å²) in [6, 6.07) is 3.48. The summed E-state index contributed by atoms with van der Waals surface area (Å²) in [5, 5.41) is 10.9. The number of hydrogen-bond acceptors (Lipinski definition) is 8. The Morgan fingerprint density at radius 1 is 1.27 bits per heavy atom. The first-order valence-electron chi connectivity index (χ1n) is 10.3. The standard InChI is InChI=1S/C22H21ClN8O2/c1-30-10-13(11-3-4-11)6-15(21(30)32)28-22-29-20-18(31(22)2)17(23)16(9-27-20)33-14-5-12(7-24)19(25)26-8-14/h5-11,24H,3-4H2,1-2H3,(H2,25,26)(H,27,28,29). The van der Waals surface area contributed by atoms with E-state index in [1.807, 2.05) is 12.3 Å². The zero-order chi connectivity index (χ0) is 23.3. The molecule has 0 amide bonds. The van der Waals surface area contributed by atoms with Crippen molar-refractivity contribution in [1.29, 1.82) is 5.41 Å². The van der Waals surface area contributed by atoms with Gasteiger partial charge >= 0.3 is 0 Å². The van der Waals surface area contributed by atoms with Crippen molar-refractivity contribution < 1.29 is 4.74 Å². The van der Waals surface area contributed by atoms with Gasteiger partial charge in [-0.3, -0.25) is 4.79 Å². The molecule has 1 saturated carbocycles. The second-order valence-corrected chi connectivity index (χ2v) is 8.38.